The Morgan fingerprint density at radius 3 is 2.06 bits per heavy atom. The van der Waals surface area contributed by atoms with Crippen LogP contribution in [0.2, 0.25) is 0 Å². The van der Waals surface area contributed by atoms with E-state index in [0.29, 0.717) is 0 Å². The number of halogens is 1. The number of hydrogen-bond donors (Lipinski definition) is 1. The summed E-state index contributed by atoms with van der Waals surface area (Å²) in [4.78, 5) is 0. The van der Waals surface area contributed by atoms with E-state index in [1.165, 1.54) is 0 Å². The van der Waals surface area contributed by atoms with Gasteiger partial charge in [0.25, 0.3) is 0 Å². The molecule has 0 radical (unpaired) electrons. The van der Waals surface area contributed by atoms with Crippen LogP contribution in [0.5, 0.6) is 11.5 Å². The van der Waals surface area contributed by atoms with Crippen molar-refractivity contribution in [2.75, 3.05) is 21.3 Å². The highest BCUT2D eigenvalue weighted by Crippen LogP contribution is 2.37. The predicted molar refractivity (Wildman–Crippen MR) is 69.3 cm³/mol. The lowest BCUT2D eigenvalue weighted by Crippen LogP contribution is -2.33. The fourth-order valence-electron chi connectivity index (χ4n) is 1.47. The lowest BCUT2D eigenvalue weighted by Gasteiger charge is -2.27. The molecule has 0 aromatic heterocycles. The predicted octanol–water partition coefficient (Wildman–Crippen LogP) is 2.92. The second-order valence-electron chi connectivity index (χ2n) is 4.06. The van der Waals surface area contributed by atoms with Gasteiger partial charge in [-0.05, 0) is 38.6 Å². The van der Waals surface area contributed by atoms with Gasteiger partial charge in [-0.2, -0.15) is 0 Å². The van der Waals surface area contributed by atoms with Crippen LogP contribution in [-0.4, -0.2) is 21.3 Å². The zero-order chi connectivity index (χ0) is 12.3. The molecule has 1 aromatic rings. The van der Waals surface area contributed by atoms with Crippen LogP contribution >= 0.6 is 15.9 Å². The van der Waals surface area contributed by atoms with Crippen molar-refractivity contribution >= 4 is 15.9 Å². The summed E-state index contributed by atoms with van der Waals surface area (Å²) < 4.78 is 11.5. The van der Waals surface area contributed by atoms with Crippen molar-refractivity contribution in [2.24, 2.45) is 0 Å². The first-order valence-electron chi connectivity index (χ1n) is 5.07. The van der Waals surface area contributed by atoms with Gasteiger partial charge in [0, 0.05) is 10.0 Å². The summed E-state index contributed by atoms with van der Waals surface area (Å²) in [5.41, 5.74) is 1.01. The van der Waals surface area contributed by atoms with E-state index >= 15 is 0 Å². The Hall–Kier alpha value is -0.740. The van der Waals surface area contributed by atoms with Gasteiger partial charge in [-0.15, -0.1) is 0 Å². The van der Waals surface area contributed by atoms with Gasteiger partial charge in [0.15, 0.2) is 11.5 Å². The summed E-state index contributed by atoms with van der Waals surface area (Å²) in [6, 6.07) is 3.91. The smallest absolute Gasteiger partial charge is 0.161 e. The van der Waals surface area contributed by atoms with Crippen molar-refractivity contribution in [3.05, 3.63) is 22.2 Å². The molecule has 0 saturated carbocycles. The van der Waals surface area contributed by atoms with E-state index in [2.05, 4.69) is 35.1 Å². The molecule has 1 rings (SSSR count). The van der Waals surface area contributed by atoms with Crippen LogP contribution in [0.1, 0.15) is 19.4 Å². The average molecular weight is 288 g/mol. The zero-order valence-corrected chi connectivity index (χ0v) is 11.9. The van der Waals surface area contributed by atoms with Crippen LogP contribution in [-0.2, 0) is 5.54 Å². The molecule has 0 atom stereocenters. The second kappa shape index (κ2) is 5.06. The third kappa shape index (κ3) is 2.50. The minimum Gasteiger partial charge on any atom is -0.493 e. The molecule has 0 aliphatic heterocycles. The molecule has 4 heteroatoms. The highest BCUT2D eigenvalue weighted by Gasteiger charge is 2.23. The standard InChI is InChI=1S/C12H18BrNO2/c1-12(2,14-3)8-6-10(15-4)11(16-5)7-9(8)13/h6-7,14H,1-5H3. The highest BCUT2D eigenvalue weighted by molar-refractivity contribution is 9.10. The van der Waals surface area contributed by atoms with Crippen molar-refractivity contribution < 1.29 is 9.47 Å². The van der Waals surface area contributed by atoms with E-state index < -0.39 is 0 Å². The summed E-state index contributed by atoms with van der Waals surface area (Å²) in [6.45, 7) is 4.22. The van der Waals surface area contributed by atoms with E-state index in [0.717, 1.165) is 21.5 Å². The minimum absolute atomic E-state index is 0.127. The number of nitrogens with one attached hydrogen (secondary N) is 1. The number of ether oxygens (including phenoxy) is 2. The first-order valence-corrected chi connectivity index (χ1v) is 5.86. The topological polar surface area (TPSA) is 30.5 Å². The lowest BCUT2D eigenvalue weighted by molar-refractivity contribution is 0.351. The van der Waals surface area contributed by atoms with Gasteiger partial charge in [0.05, 0.1) is 14.2 Å². The first kappa shape index (κ1) is 13.3. The fraction of sp³-hybridized carbons (Fsp3) is 0.500. The third-order valence-electron chi connectivity index (χ3n) is 2.77. The lowest BCUT2D eigenvalue weighted by atomic mass is 9.94. The number of benzene rings is 1. The van der Waals surface area contributed by atoms with E-state index in [9.17, 15) is 0 Å². The Morgan fingerprint density at radius 1 is 1.12 bits per heavy atom. The highest BCUT2D eigenvalue weighted by atomic mass is 79.9. The van der Waals surface area contributed by atoms with Crippen LogP contribution in [0.15, 0.2) is 16.6 Å². The summed E-state index contributed by atoms with van der Waals surface area (Å²) in [6.07, 6.45) is 0. The van der Waals surface area contributed by atoms with Gasteiger partial charge in [0.2, 0.25) is 0 Å². The third-order valence-corrected chi connectivity index (χ3v) is 3.43. The van der Waals surface area contributed by atoms with Crippen molar-refractivity contribution in [3.63, 3.8) is 0 Å². The first-order chi connectivity index (χ1) is 7.46. The van der Waals surface area contributed by atoms with Crippen molar-refractivity contribution in [1.82, 2.24) is 5.32 Å². The normalized spacial score (nSPS) is 11.4. The summed E-state index contributed by atoms with van der Waals surface area (Å²) in [7, 11) is 5.21. The molecule has 0 fully saturated rings. The molecule has 0 aliphatic rings. The Morgan fingerprint density at radius 2 is 1.62 bits per heavy atom. The van der Waals surface area contributed by atoms with Crippen LogP contribution in [0, 0.1) is 0 Å². The molecular weight excluding hydrogens is 270 g/mol. The van der Waals surface area contributed by atoms with Crippen LogP contribution in [0.4, 0.5) is 0 Å². The van der Waals surface area contributed by atoms with Gasteiger partial charge in [-0.1, -0.05) is 15.9 Å². The van der Waals surface area contributed by atoms with Crippen LogP contribution in [0.25, 0.3) is 0 Å². The molecule has 0 amide bonds. The molecular formula is C12H18BrNO2. The molecule has 1 N–H and O–H groups in total. The van der Waals surface area contributed by atoms with Crippen molar-refractivity contribution in [2.45, 2.75) is 19.4 Å². The van der Waals surface area contributed by atoms with Gasteiger partial charge in [0.1, 0.15) is 0 Å². The monoisotopic (exact) mass is 287 g/mol. The number of rotatable bonds is 4. The molecule has 1 aromatic carbocycles. The average Bonchev–Trinajstić information content (AvgIpc) is 2.28. The summed E-state index contributed by atoms with van der Waals surface area (Å²) >= 11 is 3.55. The van der Waals surface area contributed by atoms with Crippen LogP contribution < -0.4 is 14.8 Å². The second-order valence-corrected chi connectivity index (χ2v) is 4.92. The van der Waals surface area contributed by atoms with Crippen molar-refractivity contribution in [3.8, 4) is 11.5 Å². The molecule has 16 heavy (non-hydrogen) atoms. The Labute approximate surface area is 105 Å². The maximum atomic E-state index is 5.30. The number of hydrogen-bond acceptors (Lipinski definition) is 3. The van der Waals surface area contributed by atoms with E-state index in [1.807, 2.05) is 19.2 Å². The SMILES string of the molecule is CNC(C)(C)c1cc(OC)c(OC)cc1Br. The van der Waals surface area contributed by atoms with E-state index in [4.69, 9.17) is 9.47 Å². The zero-order valence-electron chi connectivity index (χ0n) is 10.3. The molecule has 90 valence electrons. The molecule has 0 unspecified atom stereocenters. The number of methoxy groups -OCH3 is 2. The van der Waals surface area contributed by atoms with E-state index in [1.54, 1.807) is 14.2 Å². The Balaban J connectivity index is 3.32. The maximum Gasteiger partial charge on any atom is 0.161 e. The molecule has 0 saturated heterocycles. The Kier molecular flexibility index (Phi) is 4.21. The van der Waals surface area contributed by atoms with Gasteiger partial charge in [-0.3, -0.25) is 0 Å². The molecule has 0 heterocycles. The molecule has 0 bridgehead atoms. The molecule has 0 spiro atoms. The fourth-order valence-corrected chi connectivity index (χ4v) is 2.29. The van der Waals surface area contributed by atoms with Gasteiger partial charge in [-0.25, -0.2) is 0 Å². The van der Waals surface area contributed by atoms with Crippen LogP contribution in [0.3, 0.4) is 0 Å². The molecule has 0 aliphatic carbocycles. The largest absolute Gasteiger partial charge is 0.493 e. The summed E-state index contributed by atoms with van der Waals surface area (Å²) in [5, 5.41) is 3.26. The summed E-state index contributed by atoms with van der Waals surface area (Å²) in [5.74, 6) is 1.47. The Bertz CT molecular complexity index is 378. The maximum absolute atomic E-state index is 5.30. The van der Waals surface area contributed by atoms with Gasteiger partial charge < -0.3 is 14.8 Å². The minimum atomic E-state index is -0.127. The quantitative estimate of drug-likeness (QED) is 0.924. The van der Waals surface area contributed by atoms with Crippen molar-refractivity contribution in [1.29, 1.82) is 0 Å². The molecule has 3 nitrogen and oxygen atoms in total. The van der Waals surface area contributed by atoms with Gasteiger partial charge >= 0.3 is 0 Å². The van der Waals surface area contributed by atoms with E-state index in [-0.39, 0.29) is 5.54 Å².